The summed E-state index contributed by atoms with van der Waals surface area (Å²) in [6.45, 7) is 7.92. The number of fused-ring (bicyclic) bond motifs is 1. The molecule has 0 radical (unpaired) electrons. The second-order valence-electron chi connectivity index (χ2n) is 6.42. The van der Waals surface area contributed by atoms with Crippen LogP contribution >= 0.6 is 0 Å². The fourth-order valence-corrected chi connectivity index (χ4v) is 2.90. The molecule has 2 heterocycles. The molecule has 2 aliphatic heterocycles. The van der Waals surface area contributed by atoms with Gasteiger partial charge in [0.2, 0.25) is 0 Å². The standard InChI is InChI=1S/C16H21N3O2/c1-16(2,3)19-13-5-4-10(17)8-11(13)14(15(19)20)12-9-21-7-6-18-12/h4-5,8,18H,6-7,9,17H2,1-3H3/b14-12-. The number of benzene rings is 1. The minimum Gasteiger partial charge on any atom is -0.399 e. The van der Waals surface area contributed by atoms with E-state index in [4.69, 9.17) is 10.5 Å². The summed E-state index contributed by atoms with van der Waals surface area (Å²) < 4.78 is 5.49. The first-order chi connectivity index (χ1) is 9.89. The number of anilines is 2. The van der Waals surface area contributed by atoms with Gasteiger partial charge in [-0.25, -0.2) is 0 Å². The molecule has 112 valence electrons. The van der Waals surface area contributed by atoms with Crippen molar-refractivity contribution < 1.29 is 9.53 Å². The van der Waals surface area contributed by atoms with E-state index in [1.165, 1.54) is 0 Å². The number of carbonyl (C=O) groups is 1. The molecule has 3 N–H and O–H groups in total. The molecule has 0 atom stereocenters. The Kier molecular flexibility index (Phi) is 3.17. The van der Waals surface area contributed by atoms with Crippen LogP contribution in [0.3, 0.4) is 0 Å². The average molecular weight is 287 g/mol. The van der Waals surface area contributed by atoms with E-state index in [1.54, 1.807) is 0 Å². The van der Waals surface area contributed by atoms with Gasteiger partial charge >= 0.3 is 0 Å². The lowest BCUT2D eigenvalue weighted by Crippen LogP contribution is -2.44. The van der Waals surface area contributed by atoms with E-state index in [-0.39, 0.29) is 11.4 Å². The summed E-state index contributed by atoms with van der Waals surface area (Å²) in [5.74, 6) is 0.0103. The Balaban J connectivity index is 2.20. The lowest BCUT2D eigenvalue weighted by Gasteiger charge is -2.32. The summed E-state index contributed by atoms with van der Waals surface area (Å²) in [5.41, 5.74) is 9.63. The zero-order valence-electron chi connectivity index (χ0n) is 12.7. The molecule has 0 aliphatic carbocycles. The fourth-order valence-electron chi connectivity index (χ4n) is 2.90. The van der Waals surface area contributed by atoms with Gasteiger partial charge in [0.05, 0.1) is 30.2 Å². The number of nitrogens with one attached hydrogen (secondary N) is 1. The molecular weight excluding hydrogens is 266 g/mol. The maximum atomic E-state index is 13.0. The molecule has 21 heavy (non-hydrogen) atoms. The van der Waals surface area contributed by atoms with Crippen molar-refractivity contribution in [2.24, 2.45) is 0 Å². The first kappa shape index (κ1) is 13.9. The molecule has 1 aromatic rings. The second-order valence-corrected chi connectivity index (χ2v) is 6.42. The molecule has 1 fully saturated rings. The van der Waals surface area contributed by atoms with Gasteiger partial charge in [0.1, 0.15) is 0 Å². The molecule has 2 aliphatic rings. The Morgan fingerprint density at radius 1 is 1.33 bits per heavy atom. The van der Waals surface area contributed by atoms with Crippen LogP contribution in [0.1, 0.15) is 26.3 Å². The Labute approximate surface area is 124 Å². The second kappa shape index (κ2) is 4.77. The van der Waals surface area contributed by atoms with Crippen molar-refractivity contribution in [2.45, 2.75) is 26.3 Å². The number of nitrogens with two attached hydrogens (primary N) is 1. The number of morpholine rings is 1. The van der Waals surface area contributed by atoms with Crippen LogP contribution in [0.4, 0.5) is 11.4 Å². The number of hydrogen-bond donors (Lipinski definition) is 2. The first-order valence-corrected chi connectivity index (χ1v) is 7.19. The van der Waals surface area contributed by atoms with E-state index in [0.29, 0.717) is 24.5 Å². The molecule has 1 saturated heterocycles. The predicted molar refractivity (Wildman–Crippen MR) is 83.8 cm³/mol. The summed E-state index contributed by atoms with van der Waals surface area (Å²) in [4.78, 5) is 14.8. The molecule has 5 nitrogen and oxygen atoms in total. The highest BCUT2D eigenvalue weighted by atomic mass is 16.5. The number of nitrogen functional groups attached to an aromatic ring is 1. The van der Waals surface area contributed by atoms with Crippen LogP contribution in [0.5, 0.6) is 0 Å². The molecule has 1 amide bonds. The molecule has 0 unspecified atom stereocenters. The first-order valence-electron chi connectivity index (χ1n) is 7.19. The number of rotatable bonds is 0. The van der Waals surface area contributed by atoms with Crippen molar-refractivity contribution in [1.82, 2.24) is 5.32 Å². The topological polar surface area (TPSA) is 67.6 Å². The summed E-state index contributed by atoms with van der Waals surface area (Å²) in [7, 11) is 0. The number of hydrogen-bond acceptors (Lipinski definition) is 4. The third kappa shape index (κ3) is 2.27. The van der Waals surface area contributed by atoms with Crippen LogP contribution in [0, 0.1) is 0 Å². The van der Waals surface area contributed by atoms with E-state index in [2.05, 4.69) is 5.32 Å². The highest BCUT2D eigenvalue weighted by Gasteiger charge is 2.40. The molecule has 0 spiro atoms. The lowest BCUT2D eigenvalue weighted by molar-refractivity contribution is -0.113. The smallest absolute Gasteiger partial charge is 0.261 e. The van der Waals surface area contributed by atoms with E-state index in [9.17, 15) is 4.79 Å². The summed E-state index contributed by atoms with van der Waals surface area (Å²) in [5, 5.41) is 3.29. The maximum Gasteiger partial charge on any atom is 0.261 e. The van der Waals surface area contributed by atoms with Crippen molar-refractivity contribution in [1.29, 1.82) is 0 Å². The van der Waals surface area contributed by atoms with E-state index in [0.717, 1.165) is 23.5 Å². The van der Waals surface area contributed by atoms with Crippen molar-refractivity contribution in [3.8, 4) is 0 Å². The molecule has 5 heteroatoms. The Morgan fingerprint density at radius 3 is 2.71 bits per heavy atom. The van der Waals surface area contributed by atoms with E-state index < -0.39 is 0 Å². The normalized spacial score (nSPS) is 22.2. The van der Waals surface area contributed by atoms with Gasteiger partial charge in [-0.1, -0.05) is 0 Å². The number of nitrogens with zero attached hydrogens (tertiary/aromatic N) is 1. The van der Waals surface area contributed by atoms with Gasteiger partial charge in [-0.05, 0) is 39.0 Å². The SMILES string of the molecule is CC(C)(C)N1C(=O)/C(=C2/COCCN2)c2cc(N)ccc21. The summed E-state index contributed by atoms with van der Waals surface area (Å²) in [6.07, 6.45) is 0. The zero-order chi connectivity index (χ0) is 15.2. The van der Waals surface area contributed by atoms with Crippen molar-refractivity contribution in [2.75, 3.05) is 30.4 Å². The Morgan fingerprint density at radius 2 is 2.10 bits per heavy atom. The molecule has 1 aromatic carbocycles. The minimum atomic E-state index is -0.292. The molecule has 0 aromatic heterocycles. The van der Waals surface area contributed by atoms with Gasteiger partial charge in [0, 0.05) is 23.3 Å². The van der Waals surface area contributed by atoms with Gasteiger partial charge in [0.25, 0.3) is 5.91 Å². The molecule has 3 rings (SSSR count). The monoisotopic (exact) mass is 287 g/mol. The highest BCUT2D eigenvalue weighted by molar-refractivity contribution is 6.33. The van der Waals surface area contributed by atoms with Crippen LogP contribution in [-0.2, 0) is 9.53 Å². The van der Waals surface area contributed by atoms with Crippen LogP contribution in [-0.4, -0.2) is 31.2 Å². The van der Waals surface area contributed by atoms with E-state index >= 15 is 0 Å². The maximum absolute atomic E-state index is 13.0. The largest absolute Gasteiger partial charge is 0.399 e. The van der Waals surface area contributed by atoms with Crippen molar-refractivity contribution in [3.05, 3.63) is 29.5 Å². The summed E-state index contributed by atoms with van der Waals surface area (Å²) >= 11 is 0. The van der Waals surface area contributed by atoms with Gasteiger partial charge in [-0.15, -0.1) is 0 Å². The van der Waals surface area contributed by atoms with Crippen molar-refractivity contribution in [3.63, 3.8) is 0 Å². The Hall–Kier alpha value is -2.01. The van der Waals surface area contributed by atoms with Crippen LogP contribution < -0.4 is 16.0 Å². The van der Waals surface area contributed by atoms with E-state index in [1.807, 2.05) is 43.9 Å². The van der Waals surface area contributed by atoms with Gasteiger partial charge in [-0.3, -0.25) is 4.79 Å². The molecule has 0 saturated carbocycles. The minimum absolute atomic E-state index is 0.0103. The average Bonchev–Trinajstić information content (AvgIpc) is 2.70. The van der Waals surface area contributed by atoms with Crippen molar-refractivity contribution >= 4 is 22.9 Å². The third-order valence-corrected chi connectivity index (χ3v) is 3.75. The van der Waals surface area contributed by atoms with Gasteiger partial charge in [-0.2, -0.15) is 0 Å². The quantitative estimate of drug-likeness (QED) is 0.563. The molecule has 0 bridgehead atoms. The third-order valence-electron chi connectivity index (χ3n) is 3.75. The predicted octanol–water partition coefficient (Wildman–Crippen LogP) is 1.74. The van der Waals surface area contributed by atoms with Crippen LogP contribution in [0.15, 0.2) is 23.9 Å². The molecular formula is C16H21N3O2. The zero-order valence-corrected chi connectivity index (χ0v) is 12.7. The van der Waals surface area contributed by atoms with Crippen LogP contribution in [0.25, 0.3) is 5.57 Å². The fraction of sp³-hybridized carbons (Fsp3) is 0.438. The van der Waals surface area contributed by atoms with Crippen LogP contribution in [0.2, 0.25) is 0 Å². The van der Waals surface area contributed by atoms with Gasteiger partial charge < -0.3 is 20.7 Å². The highest BCUT2D eigenvalue weighted by Crippen LogP contribution is 2.42. The number of carbonyl (C=O) groups excluding carboxylic acids is 1. The lowest BCUT2D eigenvalue weighted by atomic mass is 10.0. The Bertz CT molecular complexity index is 621. The number of ether oxygens (including phenoxy) is 1. The number of amides is 1. The summed E-state index contributed by atoms with van der Waals surface area (Å²) in [6, 6.07) is 5.63. The van der Waals surface area contributed by atoms with Gasteiger partial charge in [0.15, 0.2) is 0 Å².